The van der Waals surface area contributed by atoms with Gasteiger partial charge in [0.1, 0.15) is 0 Å². The van der Waals surface area contributed by atoms with Gasteiger partial charge in [-0.2, -0.15) is 0 Å². The molecule has 0 radical (unpaired) electrons. The van der Waals surface area contributed by atoms with Gasteiger partial charge in [0.05, 0.1) is 25.7 Å². The number of methoxy groups -OCH3 is 2. The molecule has 1 N–H and O–H groups in total. The second-order valence-corrected chi connectivity index (χ2v) is 8.35. The second kappa shape index (κ2) is 11.4. The van der Waals surface area contributed by atoms with Gasteiger partial charge in [0.2, 0.25) is 11.1 Å². The number of nitrogens with one attached hydrogen (secondary N) is 1. The Kier molecular flexibility index (Phi) is 7.83. The fourth-order valence-corrected chi connectivity index (χ4v) is 4.09. The van der Waals surface area contributed by atoms with E-state index in [0.717, 1.165) is 22.6 Å². The minimum atomic E-state index is -0.0669. The maximum atomic E-state index is 12.4. The van der Waals surface area contributed by atoms with Crippen LogP contribution in [0.25, 0.3) is 17.1 Å². The molecule has 1 aromatic heterocycles. The molecule has 34 heavy (non-hydrogen) atoms. The maximum absolute atomic E-state index is 12.4. The molecule has 4 rings (SSSR count). The van der Waals surface area contributed by atoms with Crippen molar-refractivity contribution in [2.45, 2.75) is 11.6 Å². The number of hydrogen-bond donors (Lipinski definition) is 1. The molecule has 174 valence electrons. The van der Waals surface area contributed by atoms with Gasteiger partial charge >= 0.3 is 0 Å². The molecular formula is C26H26N4O3S. The molecule has 0 aliphatic heterocycles. The zero-order valence-corrected chi connectivity index (χ0v) is 19.9. The van der Waals surface area contributed by atoms with Gasteiger partial charge in [0, 0.05) is 12.1 Å². The van der Waals surface area contributed by atoms with Crippen LogP contribution in [0.3, 0.4) is 0 Å². The summed E-state index contributed by atoms with van der Waals surface area (Å²) < 4.78 is 12.4. The molecular weight excluding hydrogens is 448 g/mol. The first kappa shape index (κ1) is 23.4. The first-order valence-electron chi connectivity index (χ1n) is 10.9. The van der Waals surface area contributed by atoms with Crippen molar-refractivity contribution >= 4 is 17.7 Å². The number of amides is 1. The van der Waals surface area contributed by atoms with Gasteiger partial charge in [-0.1, -0.05) is 66.4 Å². The Bertz CT molecular complexity index is 1170. The van der Waals surface area contributed by atoms with E-state index >= 15 is 0 Å². The number of aromatic nitrogens is 3. The SMILES string of the molecule is COc1ccc(CCNC(=O)CSc2nc(-c3ccccc3)n(-c3ccccc3)n2)cc1OC. The van der Waals surface area contributed by atoms with E-state index in [-0.39, 0.29) is 11.7 Å². The average Bonchev–Trinajstić information content (AvgIpc) is 3.33. The lowest BCUT2D eigenvalue weighted by atomic mass is 10.1. The van der Waals surface area contributed by atoms with Crippen LogP contribution < -0.4 is 14.8 Å². The summed E-state index contributed by atoms with van der Waals surface area (Å²) in [6.45, 7) is 0.524. The van der Waals surface area contributed by atoms with Crippen LogP contribution in [0.1, 0.15) is 5.56 Å². The van der Waals surface area contributed by atoms with Gasteiger partial charge in [-0.15, -0.1) is 5.10 Å². The third-order valence-corrected chi connectivity index (χ3v) is 5.97. The Labute approximate surface area is 203 Å². The molecule has 0 saturated carbocycles. The Hall–Kier alpha value is -3.78. The second-order valence-electron chi connectivity index (χ2n) is 7.41. The molecule has 3 aromatic carbocycles. The Balaban J connectivity index is 1.37. The van der Waals surface area contributed by atoms with Crippen LogP contribution in [0.5, 0.6) is 11.5 Å². The molecule has 1 amide bonds. The average molecular weight is 475 g/mol. The quantitative estimate of drug-likeness (QED) is 0.343. The smallest absolute Gasteiger partial charge is 0.230 e. The Morgan fingerprint density at radius 3 is 2.35 bits per heavy atom. The number of benzene rings is 3. The van der Waals surface area contributed by atoms with Crippen LogP contribution in [0.4, 0.5) is 0 Å². The van der Waals surface area contributed by atoms with E-state index in [1.54, 1.807) is 14.2 Å². The van der Waals surface area contributed by atoms with Crippen molar-refractivity contribution in [3.05, 3.63) is 84.4 Å². The highest BCUT2D eigenvalue weighted by molar-refractivity contribution is 7.99. The van der Waals surface area contributed by atoms with Crippen molar-refractivity contribution in [1.29, 1.82) is 0 Å². The standard InChI is InChI=1S/C26H26N4O3S/c1-32-22-14-13-19(17-23(22)33-2)15-16-27-24(31)18-34-26-28-25(20-9-5-3-6-10-20)30(29-26)21-11-7-4-8-12-21/h3-14,17H,15-16,18H2,1-2H3,(H,27,31). The molecule has 0 aliphatic carbocycles. The monoisotopic (exact) mass is 474 g/mol. The van der Waals surface area contributed by atoms with Crippen molar-refractivity contribution in [3.63, 3.8) is 0 Å². The summed E-state index contributed by atoms with van der Waals surface area (Å²) in [7, 11) is 3.22. The van der Waals surface area contributed by atoms with Gasteiger partial charge < -0.3 is 14.8 Å². The number of carbonyl (C=O) groups is 1. The molecule has 0 fully saturated rings. The minimum Gasteiger partial charge on any atom is -0.493 e. The highest BCUT2D eigenvalue weighted by atomic mass is 32.2. The lowest BCUT2D eigenvalue weighted by Crippen LogP contribution is -2.27. The van der Waals surface area contributed by atoms with Crippen molar-refractivity contribution in [1.82, 2.24) is 20.1 Å². The third-order valence-electron chi connectivity index (χ3n) is 5.14. The summed E-state index contributed by atoms with van der Waals surface area (Å²) in [5, 5.41) is 8.17. The highest BCUT2D eigenvalue weighted by Crippen LogP contribution is 2.28. The number of carbonyl (C=O) groups excluding carboxylic acids is 1. The summed E-state index contributed by atoms with van der Waals surface area (Å²) >= 11 is 1.32. The Morgan fingerprint density at radius 2 is 1.65 bits per heavy atom. The summed E-state index contributed by atoms with van der Waals surface area (Å²) in [5.74, 6) is 2.27. The molecule has 7 nitrogen and oxygen atoms in total. The van der Waals surface area contributed by atoms with Crippen molar-refractivity contribution < 1.29 is 14.3 Å². The minimum absolute atomic E-state index is 0.0669. The number of thioether (sulfide) groups is 1. The van der Waals surface area contributed by atoms with Crippen LogP contribution in [-0.2, 0) is 11.2 Å². The number of hydrogen-bond acceptors (Lipinski definition) is 6. The van der Waals surface area contributed by atoms with E-state index in [1.807, 2.05) is 83.5 Å². The summed E-state index contributed by atoms with van der Waals surface area (Å²) in [5.41, 5.74) is 2.94. The molecule has 0 atom stereocenters. The molecule has 1 heterocycles. The summed E-state index contributed by atoms with van der Waals surface area (Å²) in [6.07, 6.45) is 0.690. The summed E-state index contributed by atoms with van der Waals surface area (Å²) in [4.78, 5) is 17.1. The lowest BCUT2D eigenvalue weighted by Gasteiger charge is -2.10. The predicted molar refractivity (Wildman–Crippen MR) is 134 cm³/mol. The first-order valence-corrected chi connectivity index (χ1v) is 11.8. The van der Waals surface area contributed by atoms with E-state index in [9.17, 15) is 4.79 Å². The van der Waals surface area contributed by atoms with Gasteiger partial charge in [-0.05, 0) is 36.2 Å². The number of para-hydroxylation sites is 1. The zero-order chi connectivity index (χ0) is 23.8. The number of rotatable bonds is 10. The number of nitrogens with zero attached hydrogens (tertiary/aromatic N) is 3. The van der Waals surface area contributed by atoms with E-state index in [2.05, 4.69) is 10.4 Å². The fourth-order valence-electron chi connectivity index (χ4n) is 3.44. The van der Waals surface area contributed by atoms with Crippen molar-refractivity contribution in [3.8, 4) is 28.6 Å². The van der Waals surface area contributed by atoms with Gasteiger partial charge in [0.15, 0.2) is 17.3 Å². The molecule has 0 spiro atoms. The van der Waals surface area contributed by atoms with E-state index in [4.69, 9.17) is 14.5 Å². The predicted octanol–water partition coefficient (Wildman–Crippen LogP) is 4.40. The molecule has 0 aliphatic rings. The lowest BCUT2D eigenvalue weighted by molar-refractivity contribution is -0.118. The van der Waals surface area contributed by atoms with Gasteiger partial charge in [-0.3, -0.25) is 4.79 Å². The fraction of sp³-hybridized carbons (Fsp3) is 0.192. The van der Waals surface area contributed by atoms with E-state index in [0.29, 0.717) is 29.6 Å². The van der Waals surface area contributed by atoms with Crippen molar-refractivity contribution in [2.75, 3.05) is 26.5 Å². The van der Waals surface area contributed by atoms with E-state index < -0.39 is 0 Å². The molecule has 0 bridgehead atoms. The van der Waals surface area contributed by atoms with Crippen LogP contribution in [0.15, 0.2) is 84.0 Å². The Morgan fingerprint density at radius 1 is 0.941 bits per heavy atom. The summed E-state index contributed by atoms with van der Waals surface area (Å²) in [6, 6.07) is 25.5. The third kappa shape index (κ3) is 5.77. The normalized spacial score (nSPS) is 10.6. The highest BCUT2D eigenvalue weighted by Gasteiger charge is 2.15. The van der Waals surface area contributed by atoms with Crippen LogP contribution in [0.2, 0.25) is 0 Å². The first-order chi connectivity index (χ1) is 16.7. The molecule has 0 saturated heterocycles. The van der Waals surface area contributed by atoms with Crippen LogP contribution in [0, 0.1) is 0 Å². The number of ether oxygens (including phenoxy) is 2. The molecule has 0 unspecified atom stereocenters. The maximum Gasteiger partial charge on any atom is 0.230 e. The molecule has 4 aromatic rings. The topological polar surface area (TPSA) is 78.3 Å². The van der Waals surface area contributed by atoms with E-state index in [1.165, 1.54) is 11.8 Å². The molecule has 8 heteroatoms. The van der Waals surface area contributed by atoms with Gasteiger partial charge in [0.25, 0.3) is 0 Å². The zero-order valence-electron chi connectivity index (χ0n) is 19.1. The van der Waals surface area contributed by atoms with Crippen molar-refractivity contribution in [2.24, 2.45) is 0 Å². The largest absolute Gasteiger partial charge is 0.493 e. The van der Waals surface area contributed by atoms with Crippen LogP contribution in [-0.4, -0.2) is 47.2 Å². The van der Waals surface area contributed by atoms with Gasteiger partial charge in [-0.25, -0.2) is 9.67 Å². The van der Waals surface area contributed by atoms with Crippen LogP contribution >= 0.6 is 11.8 Å².